The van der Waals surface area contributed by atoms with Gasteiger partial charge in [0.25, 0.3) is 5.91 Å². The van der Waals surface area contributed by atoms with Gasteiger partial charge in [-0.25, -0.2) is 4.79 Å². The average Bonchev–Trinajstić information content (AvgIpc) is 2.59. The van der Waals surface area contributed by atoms with Crippen LogP contribution in [0.3, 0.4) is 0 Å². The summed E-state index contributed by atoms with van der Waals surface area (Å²) in [6.07, 6.45) is 1.11. The molecule has 2 aromatic rings. The average molecular weight is 353 g/mol. The van der Waals surface area contributed by atoms with Crippen LogP contribution in [0.4, 0.5) is 5.69 Å². The molecule has 0 heterocycles. The van der Waals surface area contributed by atoms with Crippen molar-refractivity contribution < 1.29 is 19.8 Å². The SMILES string of the molecule is CC(C)C(N/C=C(/C#N)C(=O)Nc1cccc2c(O)cccc12)C(=O)O. The first-order chi connectivity index (χ1) is 12.3. The highest BCUT2D eigenvalue weighted by Gasteiger charge is 2.20. The number of phenols is 1. The topological polar surface area (TPSA) is 122 Å². The van der Waals surface area contributed by atoms with Crippen LogP contribution in [-0.4, -0.2) is 28.1 Å². The Balaban J connectivity index is 2.25. The standard InChI is InChI=1S/C19H19N3O4/c1-11(2)17(19(25)26)21-10-12(9-20)18(24)22-15-7-3-6-14-13(15)5-4-8-16(14)23/h3-8,10-11,17,21,23H,1-2H3,(H,22,24)(H,25,26)/b12-10-. The van der Waals surface area contributed by atoms with Crippen LogP contribution in [0.1, 0.15) is 13.8 Å². The van der Waals surface area contributed by atoms with E-state index in [-0.39, 0.29) is 17.2 Å². The molecule has 2 aromatic carbocycles. The fraction of sp³-hybridized carbons (Fsp3) is 0.211. The number of rotatable bonds is 6. The van der Waals surface area contributed by atoms with E-state index in [2.05, 4.69) is 10.6 Å². The van der Waals surface area contributed by atoms with Gasteiger partial charge in [0.05, 0.1) is 0 Å². The van der Waals surface area contributed by atoms with Gasteiger partial charge in [-0.2, -0.15) is 5.26 Å². The Labute approximate surface area is 150 Å². The van der Waals surface area contributed by atoms with Crippen molar-refractivity contribution in [3.05, 3.63) is 48.2 Å². The molecule has 0 aliphatic carbocycles. The number of carboxylic acids is 1. The lowest BCUT2D eigenvalue weighted by Crippen LogP contribution is -2.38. The van der Waals surface area contributed by atoms with Gasteiger partial charge < -0.3 is 20.8 Å². The molecule has 7 nitrogen and oxygen atoms in total. The first-order valence-corrected chi connectivity index (χ1v) is 7.96. The van der Waals surface area contributed by atoms with Gasteiger partial charge in [-0.05, 0) is 18.1 Å². The summed E-state index contributed by atoms with van der Waals surface area (Å²) in [6.45, 7) is 3.43. The van der Waals surface area contributed by atoms with Crippen molar-refractivity contribution in [2.75, 3.05) is 5.32 Å². The summed E-state index contributed by atoms with van der Waals surface area (Å²) in [5, 5.41) is 34.7. The monoisotopic (exact) mass is 353 g/mol. The number of amides is 1. The number of nitriles is 1. The third-order valence-corrected chi connectivity index (χ3v) is 3.85. The van der Waals surface area contributed by atoms with Crippen molar-refractivity contribution in [2.45, 2.75) is 19.9 Å². The largest absolute Gasteiger partial charge is 0.507 e. The van der Waals surface area contributed by atoms with Gasteiger partial charge in [0.1, 0.15) is 23.4 Å². The van der Waals surface area contributed by atoms with Crippen molar-refractivity contribution in [3.8, 4) is 11.8 Å². The van der Waals surface area contributed by atoms with Gasteiger partial charge >= 0.3 is 5.97 Å². The first-order valence-electron chi connectivity index (χ1n) is 7.96. The van der Waals surface area contributed by atoms with E-state index >= 15 is 0 Å². The molecule has 0 radical (unpaired) electrons. The zero-order valence-corrected chi connectivity index (χ0v) is 14.4. The second-order valence-electron chi connectivity index (χ2n) is 6.03. The molecule has 2 rings (SSSR count). The van der Waals surface area contributed by atoms with Crippen molar-refractivity contribution in [3.63, 3.8) is 0 Å². The summed E-state index contributed by atoms with van der Waals surface area (Å²) in [4.78, 5) is 23.6. The number of phenolic OH excluding ortho intramolecular Hbond substituents is 1. The van der Waals surface area contributed by atoms with Gasteiger partial charge in [-0.15, -0.1) is 0 Å². The van der Waals surface area contributed by atoms with Crippen LogP contribution in [0.25, 0.3) is 10.8 Å². The third kappa shape index (κ3) is 4.11. The summed E-state index contributed by atoms with van der Waals surface area (Å²) in [7, 11) is 0. The number of benzene rings is 2. The maximum absolute atomic E-state index is 12.4. The molecule has 0 spiro atoms. The fourth-order valence-corrected chi connectivity index (χ4v) is 2.46. The predicted molar refractivity (Wildman–Crippen MR) is 97.3 cm³/mol. The summed E-state index contributed by atoms with van der Waals surface area (Å²) in [5.41, 5.74) is 0.178. The summed E-state index contributed by atoms with van der Waals surface area (Å²) >= 11 is 0. The minimum Gasteiger partial charge on any atom is -0.507 e. The smallest absolute Gasteiger partial charge is 0.326 e. The Hall–Kier alpha value is -3.53. The highest BCUT2D eigenvalue weighted by atomic mass is 16.4. The van der Waals surface area contributed by atoms with E-state index in [1.54, 1.807) is 50.2 Å². The molecule has 7 heteroatoms. The molecular formula is C19H19N3O4. The lowest BCUT2D eigenvalue weighted by molar-refractivity contribution is -0.140. The second kappa shape index (κ2) is 8.03. The molecule has 0 aliphatic rings. The molecule has 26 heavy (non-hydrogen) atoms. The molecule has 0 bridgehead atoms. The van der Waals surface area contributed by atoms with Crippen LogP contribution >= 0.6 is 0 Å². The van der Waals surface area contributed by atoms with Gasteiger partial charge in [-0.1, -0.05) is 38.1 Å². The molecule has 0 saturated carbocycles. The molecular weight excluding hydrogens is 334 g/mol. The number of hydrogen-bond acceptors (Lipinski definition) is 5. The zero-order chi connectivity index (χ0) is 19.3. The molecule has 1 amide bonds. The molecule has 4 N–H and O–H groups in total. The zero-order valence-electron chi connectivity index (χ0n) is 14.4. The Morgan fingerprint density at radius 1 is 1.15 bits per heavy atom. The summed E-state index contributed by atoms with van der Waals surface area (Å²) in [5.74, 6) is -1.90. The molecule has 0 saturated heterocycles. The van der Waals surface area contributed by atoms with Gasteiger partial charge in [0.15, 0.2) is 0 Å². The van der Waals surface area contributed by atoms with Crippen LogP contribution in [-0.2, 0) is 9.59 Å². The Kier molecular flexibility index (Phi) is 5.81. The van der Waals surface area contributed by atoms with Gasteiger partial charge in [0, 0.05) is 22.7 Å². The lowest BCUT2D eigenvalue weighted by Gasteiger charge is -2.16. The van der Waals surface area contributed by atoms with E-state index in [9.17, 15) is 20.0 Å². The number of carbonyl (C=O) groups excluding carboxylic acids is 1. The van der Waals surface area contributed by atoms with Crippen LogP contribution in [0.5, 0.6) is 5.75 Å². The lowest BCUT2D eigenvalue weighted by atomic mass is 10.1. The van der Waals surface area contributed by atoms with E-state index < -0.39 is 17.9 Å². The van der Waals surface area contributed by atoms with Crippen LogP contribution < -0.4 is 10.6 Å². The van der Waals surface area contributed by atoms with Crippen molar-refractivity contribution in [1.29, 1.82) is 5.26 Å². The molecule has 0 aromatic heterocycles. The van der Waals surface area contributed by atoms with E-state index in [1.807, 2.05) is 0 Å². The Bertz CT molecular complexity index is 913. The van der Waals surface area contributed by atoms with Crippen LogP contribution in [0, 0.1) is 17.2 Å². The number of carboxylic acid groups (broad SMARTS) is 1. The Morgan fingerprint density at radius 3 is 2.42 bits per heavy atom. The highest BCUT2D eigenvalue weighted by Crippen LogP contribution is 2.29. The molecule has 1 unspecified atom stereocenters. The van der Waals surface area contributed by atoms with Crippen LogP contribution in [0.2, 0.25) is 0 Å². The van der Waals surface area contributed by atoms with E-state index in [1.165, 1.54) is 6.07 Å². The minimum absolute atomic E-state index is 0.0811. The second-order valence-corrected chi connectivity index (χ2v) is 6.03. The number of hydrogen-bond donors (Lipinski definition) is 4. The molecule has 1 atom stereocenters. The number of anilines is 1. The van der Waals surface area contributed by atoms with Crippen molar-refractivity contribution in [1.82, 2.24) is 5.32 Å². The van der Waals surface area contributed by atoms with E-state index in [0.717, 1.165) is 6.20 Å². The fourth-order valence-electron chi connectivity index (χ4n) is 2.46. The first kappa shape index (κ1) is 18.8. The van der Waals surface area contributed by atoms with Crippen molar-refractivity contribution in [2.24, 2.45) is 5.92 Å². The maximum Gasteiger partial charge on any atom is 0.326 e. The number of carbonyl (C=O) groups is 2. The minimum atomic E-state index is -1.07. The van der Waals surface area contributed by atoms with Gasteiger partial charge in [-0.3, -0.25) is 4.79 Å². The Morgan fingerprint density at radius 2 is 1.81 bits per heavy atom. The summed E-state index contributed by atoms with van der Waals surface area (Å²) in [6, 6.07) is 10.8. The number of nitrogens with one attached hydrogen (secondary N) is 2. The van der Waals surface area contributed by atoms with E-state index in [0.29, 0.717) is 16.5 Å². The number of aromatic hydroxyl groups is 1. The highest BCUT2D eigenvalue weighted by molar-refractivity contribution is 6.11. The predicted octanol–water partition coefficient (Wildman–Crippen LogP) is 2.59. The normalized spacial score (nSPS) is 12.5. The third-order valence-electron chi connectivity index (χ3n) is 3.85. The quantitative estimate of drug-likeness (QED) is 0.468. The number of fused-ring (bicyclic) bond motifs is 1. The molecule has 0 aliphatic heterocycles. The number of nitrogens with zero attached hydrogens (tertiary/aromatic N) is 1. The van der Waals surface area contributed by atoms with E-state index in [4.69, 9.17) is 5.11 Å². The van der Waals surface area contributed by atoms with Crippen molar-refractivity contribution >= 4 is 28.3 Å². The number of aliphatic carboxylic acids is 1. The molecule has 0 fully saturated rings. The maximum atomic E-state index is 12.4. The summed E-state index contributed by atoms with van der Waals surface area (Å²) < 4.78 is 0. The van der Waals surface area contributed by atoms with Crippen LogP contribution in [0.15, 0.2) is 48.2 Å². The van der Waals surface area contributed by atoms with Gasteiger partial charge in [0.2, 0.25) is 0 Å². The molecule has 134 valence electrons.